The van der Waals surface area contributed by atoms with Crippen molar-refractivity contribution in [1.82, 2.24) is 10.0 Å². The average molecular weight is 370 g/mol. The molecule has 10 heteroatoms. The Labute approximate surface area is 146 Å². The van der Waals surface area contributed by atoms with Crippen molar-refractivity contribution >= 4 is 27.4 Å². The van der Waals surface area contributed by atoms with E-state index < -0.39 is 21.0 Å². The van der Waals surface area contributed by atoms with Crippen molar-refractivity contribution in [1.29, 1.82) is 0 Å². The fraction of sp³-hybridized carbons (Fsp3) is 0.533. The van der Waals surface area contributed by atoms with E-state index >= 15 is 0 Å². The Bertz CT molecular complexity index is 744. The normalized spacial score (nSPS) is 15.4. The molecule has 1 saturated carbocycles. The predicted molar refractivity (Wildman–Crippen MR) is 93.0 cm³/mol. The molecule has 1 fully saturated rings. The van der Waals surface area contributed by atoms with Crippen molar-refractivity contribution in [3.8, 4) is 0 Å². The number of carbonyl (C=O) groups excluding carboxylic acids is 1. The number of nitrogens with one attached hydrogen (secondary N) is 3. The number of sulfonamides is 1. The van der Waals surface area contributed by atoms with Crippen LogP contribution in [0.4, 0.5) is 16.2 Å². The third-order valence-electron chi connectivity index (χ3n) is 3.99. The maximum atomic E-state index is 12.5. The highest BCUT2D eigenvalue weighted by atomic mass is 32.2. The largest absolute Gasteiger partial charge is 0.381 e. The number of rotatable bonds is 6. The molecule has 0 bridgehead atoms. The minimum Gasteiger partial charge on any atom is -0.381 e. The van der Waals surface area contributed by atoms with Crippen molar-refractivity contribution in [2.24, 2.45) is 0 Å². The molecular weight excluding hydrogens is 348 g/mol. The summed E-state index contributed by atoms with van der Waals surface area (Å²) in [6.45, 7) is 1.90. The van der Waals surface area contributed by atoms with Gasteiger partial charge >= 0.3 is 6.03 Å². The molecule has 0 saturated heterocycles. The third-order valence-corrected chi connectivity index (χ3v) is 5.37. The Morgan fingerprint density at radius 1 is 1.28 bits per heavy atom. The second-order valence-electron chi connectivity index (χ2n) is 5.88. The van der Waals surface area contributed by atoms with Crippen LogP contribution in [0, 0.1) is 10.1 Å². The molecule has 9 nitrogen and oxygen atoms in total. The van der Waals surface area contributed by atoms with Crippen molar-refractivity contribution in [2.75, 3.05) is 11.9 Å². The lowest BCUT2D eigenvalue weighted by molar-refractivity contribution is -0.385. The van der Waals surface area contributed by atoms with Crippen LogP contribution in [0.3, 0.4) is 0 Å². The minimum atomic E-state index is -4.25. The second-order valence-corrected chi connectivity index (χ2v) is 7.53. The molecule has 1 aromatic carbocycles. The van der Waals surface area contributed by atoms with Gasteiger partial charge in [0.15, 0.2) is 0 Å². The zero-order valence-electron chi connectivity index (χ0n) is 13.9. The highest BCUT2D eigenvalue weighted by Crippen LogP contribution is 2.29. The number of nitro groups is 1. The molecule has 0 heterocycles. The maximum absolute atomic E-state index is 12.5. The van der Waals surface area contributed by atoms with Gasteiger partial charge in [-0.2, -0.15) is 0 Å². The van der Waals surface area contributed by atoms with Gasteiger partial charge in [0.2, 0.25) is 0 Å². The molecule has 1 aliphatic rings. The van der Waals surface area contributed by atoms with Crippen LogP contribution in [0.15, 0.2) is 23.1 Å². The molecule has 0 aromatic heterocycles. The van der Waals surface area contributed by atoms with Gasteiger partial charge in [0.25, 0.3) is 15.7 Å². The quantitative estimate of drug-likeness (QED) is 0.520. The molecule has 3 N–H and O–H groups in total. The smallest absolute Gasteiger partial charge is 0.328 e. The Morgan fingerprint density at radius 2 is 1.96 bits per heavy atom. The number of hydrogen-bond acceptors (Lipinski definition) is 6. The van der Waals surface area contributed by atoms with Gasteiger partial charge < -0.3 is 10.6 Å². The van der Waals surface area contributed by atoms with Crippen LogP contribution in [0.5, 0.6) is 0 Å². The first-order valence-corrected chi connectivity index (χ1v) is 9.67. The fourth-order valence-corrected chi connectivity index (χ4v) is 3.93. The lowest BCUT2D eigenvalue weighted by Gasteiger charge is -2.25. The summed E-state index contributed by atoms with van der Waals surface area (Å²) in [5.74, 6) is 0. The van der Waals surface area contributed by atoms with E-state index in [1.54, 1.807) is 6.92 Å². The lowest BCUT2D eigenvalue weighted by atomic mass is 9.95. The van der Waals surface area contributed by atoms with Crippen molar-refractivity contribution in [2.45, 2.75) is 50.0 Å². The molecule has 138 valence electrons. The number of benzene rings is 1. The number of nitrogens with zero attached hydrogens (tertiary/aromatic N) is 1. The maximum Gasteiger partial charge on any atom is 0.328 e. The molecule has 25 heavy (non-hydrogen) atoms. The average Bonchev–Trinajstić information content (AvgIpc) is 2.55. The summed E-state index contributed by atoms with van der Waals surface area (Å²) in [5, 5.41) is 16.5. The van der Waals surface area contributed by atoms with E-state index in [-0.39, 0.29) is 28.9 Å². The number of anilines is 1. The third kappa shape index (κ3) is 5.05. The standard InChI is InChI=1S/C15H22N4O5S/c1-2-16-15(20)18-25(23,24)14-10-12(19(21)22)8-9-13(14)17-11-6-4-3-5-7-11/h8-11,17H,2-7H2,1H3,(H2,16,18,20). The summed E-state index contributed by atoms with van der Waals surface area (Å²) >= 11 is 0. The highest BCUT2D eigenvalue weighted by Gasteiger charge is 2.26. The summed E-state index contributed by atoms with van der Waals surface area (Å²) < 4.78 is 26.9. The van der Waals surface area contributed by atoms with Crippen molar-refractivity contribution in [3.63, 3.8) is 0 Å². The number of nitro benzene ring substituents is 1. The first-order chi connectivity index (χ1) is 11.8. The van der Waals surface area contributed by atoms with Gasteiger partial charge in [-0.3, -0.25) is 10.1 Å². The van der Waals surface area contributed by atoms with Crippen LogP contribution in [-0.4, -0.2) is 32.0 Å². The molecule has 2 rings (SSSR count). The van der Waals surface area contributed by atoms with Gasteiger partial charge in [0.1, 0.15) is 4.90 Å². The topological polar surface area (TPSA) is 130 Å². The van der Waals surface area contributed by atoms with Crippen LogP contribution in [0.25, 0.3) is 0 Å². The number of hydrogen-bond donors (Lipinski definition) is 3. The first kappa shape index (κ1) is 19.0. The summed E-state index contributed by atoms with van der Waals surface area (Å²) in [5.41, 5.74) is -0.0974. The van der Waals surface area contributed by atoms with E-state index in [4.69, 9.17) is 0 Å². The predicted octanol–water partition coefficient (Wildman–Crippen LogP) is 2.35. The number of carbonyl (C=O) groups is 1. The number of amides is 2. The molecule has 2 amide bonds. The van der Waals surface area contributed by atoms with Gasteiger partial charge in [-0.15, -0.1) is 0 Å². The Kier molecular flexibility index (Phi) is 6.18. The van der Waals surface area contributed by atoms with E-state index in [9.17, 15) is 23.3 Å². The summed E-state index contributed by atoms with van der Waals surface area (Å²) in [7, 11) is -4.25. The Morgan fingerprint density at radius 3 is 2.56 bits per heavy atom. The van der Waals surface area contributed by atoms with Crippen LogP contribution in [0.1, 0.15) is 39.0 Å². The molecule has 0 aliphatic heterocycles. The fourth-order valence-electron chi connectivity index (χ4n) is 2.81. The Hall–Kier alpha value is -2.36. The van der Waals surface area contributed by atoms with E-state index in [1.165, 1.54) is 12.1 Å². The molecule has 0 radical (unpaired) electrons. The monoisotopic (exact) mass is 370 g/mol. The summed E-state index contributed by atoms with van der Waals surface area (Å²) in [4.78, 5) is 21.6. The molecular formula is C15H22N4O5S. The molecule has 0 atom stereocenters. The lowest BCUT2D eigenvalue weighted by Crippen LogP contribution is -2.39. The van der Waals surface area contributed by atoms with E-state index in [0.717, 1.165) is 38.2 Å². The molecule has 0 spiro atoms. The van der Waals surface area contributed by atoms with Crippen LogP contribution in [-0.2, 0) is 10.0 Å². The SMILES string of the molecule is CCNC(=O)NS(=O)(=O)c1cc([N+](=O)[O-])ccc1NC1CCCCC1. The van der Waals surface area contributed by atoms with E-state index in [1.807, 2.05) is 4.72 Å². The van der Waals surface area contributed by atoms with Crippen molar-refractivity contribution in [3.05, 3.63) is 28.3 Å². The highest BCUT2D eigenvalue weighted by molar-refractivity contribution is 7.90. The van der Waals surface area contributed by atoms with Crippen molar-refractivity contribution < 1.29 is 18.1 Å². The molecule has 1 aliphatic carbocycles. The van der Waals surface area contributed by atoms with E-state index in [2.05, 4.69) is 10.6 Å². The van der Waals surface area contributed by atoms with Gasteiger partial charge in [-0.05, 0) is 25.8 Å². The number of non-ortho nitro benzene ring substituents is 1. The Balaban J connectivity index is 2.35. The number of urea groups is 1. The summed E-state index contributed by atoms with van der Waals surface area (Å²) in [6.07, 6.45) is 5.04. The van der Waals surface area contributed by atoms with Gasteiger partial charge in [-0.1, -0.05) is 19.3 Å². The molecule has 1 aromatic rings. The first-order valence-electron chi connectivity index (χ1n) is 8.19. The zero-order chi connectivity index (χ0) is 18.4. The van der Waals surface area contributed by atoms with Crippen LogP contribution in [0.2, 0.25) is 0 Å². The van der Waals surface area contributed by atoms with Crippen LogP contribution < -0.4 is 15.4 Å². The van der Waals surface area contributed by atoms with Gasteiger partial charge in [0.05, 0.1) is 10.6 Å². The summed E-state index contributed by atoms with van der Waals surface area (Å²) in [6, 6.07) is 2.81. The van der Waals surface area contributed by atoms with Gasteiger partial charge in [0, 0.05) is 24.7 Å². The van der Waals surface area contributed by atoms with Gasteiger partial charge in [-0.25, -0.2) is 17.9 Å². The van der Waals surface area contributed by atoms with Crippen LogP contribution >= 0.6 is 0 Å². The molecule has 0 unspecified atom stereocenters. The van der Waals surface area contributed by atoms with E-state index in [0.29, 0.717) is 0 Å². The zero-order valence-corrected chi connectivity index (χ0v) is 14.8. The second kappa shape index (κ2) is 8.15. The minimum absolute atomic E-state index is 0.105.